The van der Waals surface area contributed by atoms with Crippen LogP contribution >= 0.6 is 23.1 Å². The summed E-state index contributed by atoms with van der Waals surface area (Å²) >= 11 is 3.06. The quantitative estimate of drug-likeness (QED) is 0.670. The van der Waals surface area contributed by atoms with Gasteiger partial charge >= 0.3 is 0 Å². The summed E-state index contributed by atoms with van der Waals surface area (Å²) in [6.07, 6.45) is 0. The Morgan fingerprint density at radius 3 is 3.10 bits per heavy atom. The van der Waals surface area contributed by atoms with Crippen LogP contribution in [0.15, 0.2) is 27.2 Å². The predicted octanol–water partition coefficient (Wildman–Crippen LogP) is 2.66. The Morgan fingerprint density at radius 1 is 1.45 bits per heavy atom. The van der Waals surface area contributed by atoms with Crippen molar-refractivity contribution < 1.29 is 4.52 Å². The van der Waals surface area contributed by atoms with Gasteiger partial charge in [0.15, 0.2) is 0 Å². The van der Waals surface area contributed by atoms with Gasteiger partial charge in [0.05, 0.1) is 16.7 Å². The fourth-order valence-electron chi connectivity index (χ4n) is 1.55. The van der Waals surface area contributed by atoms with Crippen molar-refractivity contribution in [2.75, 3.05) is 0 Å². The van der Waals surface area contributed by atoms with Gasteiger partial charge in [0.1, 0.15) is 0 Å². The number of thiophene rings is 1. The summed E-state index contributed by atoms with van der Waals surface area (Å²) in [5, 5.41) is 18.3. The van der Waals surface area contributed by atoms with Crippen molar-refractivity contribution in [3.05, 3.63) is 23.4 Å². The Hall–Kier alpha value is -1.74. The summed E-state index contributed by atoms with van der Waals surface area (Å²) in [5.41, 5.74) is 0. The van der Waals surface area contributed by atoms with Crippen LogP contribution in [0.1, 0.15) is 25.8 Å². The van der Waals surface area contributed by atoms with Crippen molar-refractivity contribution in [2.45, 2.75) is 30.8 Å². The van der Waals surface area contributed by atoms with Gasteiger partial charge < -0.3 is 4.52 Å². The standard InChI is InChI=1S/C11H12N6OS2/c1-7(2)17-11(13-15-16-17)20-6-9-12-10(14-18-9)8-4-3-5-19-8/h3-5,7H,6H2,1-2H3. The zero-order chi connectivity index (χ0) is 13.9. The highest BCUT2D eigenvalue weighted by atomic mass is 32.2. The largest absolute Gasteiger partial charge is 0.338 e. The van der Waals surface area contributed by atoms with Crippen molar-refractivity contribution in [3.8, 4) is 10.7 Å². The first-order chi connectivity index (χ1) is 9.74. The fourth-order valence-corrected chi connectivity index (χ4v) is 3.04. The molecule has 7 nitrogen and oxygen atoms in total. The van der Waals surface area contributed by atoms with E-state index < -0.39 is 0 Å². The molecule has 3 aromatic heterocycles. The minimum Gasteiger partial charge on any atom is -0.338 e. The van der Waals surface area contributed by atoms with Gasteiger partial charge in [0.25, 0.3) is 0 Å². The Kier molecular flexibility index (Phi) is 3.79. The van der Waals surface area contributed by atoms with Gasteiger partial charge in [-0.1, -0.05) is 23.0 Å². The van der Waals surface area contributed by atoms with Crippen LogP contribution in [0.25, 0.3) is 10.7 Å². The van der Waals surface area contributed by atoms with E-state index in [-0.39, 0.29) is 6.04 Å². The lowest BCUT2D eigenvalue weighted by Gasteiger charge is -2.05. The second kappa shape index (κ2) is 5.71. The summed E-state index contributed by atoms with van der Waals surface area (Å²) in [6.45, 7) is 4.06. The van der Waals surface area contributed by atoms with E-state index in [0.29, 0.717) is 17.5 Å². The predicted molar refractivity (Wildman–Crippen MR) is 75.4 cm³/mol. The van der Waals surface area contributed by atoms with Crippen molar-refractivity contribution in [1.29, 1.82) is 0 Å². The summed E-state index contributed by atoms with van der Waals surface area (Å²) in [5.74, 6) is 1.74. The van der Waals surface area contributed by atoms with Crippen LogP contribution < -0.4 is 0 Å². The highest BCUT2D eigenvalue weighted by Gasteiger charge is 2.13. The third-order valence-electron chi connectivity index (χ3n) is 2.49. The van der Waals surface area contributed by atoms with Crippen LogP contribution in [0.3, 0.4) is 0 Å². The maximum atomic E-state index is 5.23. The molecule has 0 atom stereocenters. The molecular formula is C11H12N6OS2. The molecule has 0 aromatic carbocycles. The molecular weight excluding hydrogens is 296 g/mol. The number of aromatic nitrogens is 6. The number of hydrogen-bond acceptors (Lipinski definition) is 8. The fraction of sp³-hybridized carbons (Fsp3) is 0.364. The van der Waals surface area contributed by atoms with Gasteiger partial charge in [-0.25, -0.2) is 4.68 Å². The molecule has 0 spiro atoms. The van der Waals surface area contributed by atoms with E-state index in [0.717, 1.165) is 10.0 Å². The van der Waals surface area contributed by atoms with Gasteiger partial charge in [0.2, 0.25) is 16.9 Å². The van der Waals surface area contributed by atoms with E-state index in [2.05, 4.69) is 25.7 Å². The highest BCUT2D eigenvalue weighted by molar-refractivity contribution is 7.98. The first-order valence-corrected chi connectivity index (χ1v) is 7.87. The molecule has 20 heavy (non-hydrogen) atoms. The molecule has 0 unspecified atom stereocenters. The van der Waals surface area contributed by atoms with Crippen LogP contribution in [0.5, 0.6) is 0 Å². The van der Waals surface area contributed by atoms with Crippen LogP contribution in [-0.2, 0) is 5.75 Å². The lowest BCUT2D eigenvalue weighted by atomic mass is 10.4. The maximum absolute atomic E-state index is 5.23. The topological polar surface area (TPSA) is 82.5 Å². The van der Waals surface area contributed by atoms with Gasteiger partial charge in [0, 0.05) is 0 Å². The minimum absolute atomic E-state index is 0.219. The second-order valence-electron chi connectivity index (χ2n) is 4.28. The number of nitrogens with zero attached hydrogens (tertiary/aromatic N) is 6. The molecule has 9 heteroatoms. The van der Waals surface area contributed by atoms with Crippen LogP contribution in [0, 0.1) is 0 Å². The van der Waals surface area contributed by atoms with Crippen LogP contribution in [0.2, 0.25) is 0 Å². The number of thioether (sulfide) groups is 1. The van der Waals surface area contributed by atoms with Crippen molar-refractivity contribution >= 4 is 23.1 Å². The van der Waals surface area contributed by atoms with E-state index in [1.807, 2.05) is 31.4 Å². The first kappa shape index (κ1) is 13.3. The summed E-state index contributed by atoms with van der Waals surface area (Å²) < 4.78 is 7.00. The molecule has 0 fully saturated rings. The maximum Gasteiger partial charge on any atom is 0.237 e. The Bertz CT molecular complexity index is 675. The molecule has 0 aliphatic rings. The summed E-state index contributed by atoms with van der Waals surface area (Å²) in [4.78, 5) is 5.36. The molecule has 0 saturated heterocycles. The van der Waals surface area contributed by atoms with Gasteiger partial charge in [-0.2, -0.15) is 4.98 Å². The van der Waals surface area contributed by atoms with Gasteiger partial charge in [-0.3, -0.25) is 0 Å². The summed E-state index contributed by atoms with van der Waals surface area (Å²) in [7, 11) is 0. The lowest BCUT2D eigenvalue weighted by Crippen LogP contribution is -2.04. The van der Waals surface area contributed by atoms with Gasteiger partial charge in [-0.05, 0) is 35.7 Å². The Balaban J connectivity index is 1.68. The van der Waals surface area contributed by atoms with Crippen molar-refractivity contribution in [2.24, 2.45) is 0 Å². The lowest BCUT2D eigenvalue weighted by molar-refractivity contribution is 0.391. The highest BCUT2D eigenvalue weighted by Crippen LogP contribution is 2.25. The van der Waals surface area contributed by atoms with E-state index in [1.54, 1.807) is 16.0 Å². The molecule has 3 heterocycles. The summed E-state index contributed by atoms with van der Waals surface area (Å²) in [6, 6.07) is 4.14. The molecule has 0 N–H and O–H groups in total. The van der Waals surface area contributed by atoms with Crippen molar-refractivity contribution in [1.82, 2.24) is 30.3 Å². The monoisotopic (exact) mass is 308 g/mol. The number of hydrogen-bond donors (Lipinski definition) is 0. The van der Waals surface area contributed by atoms with Gasteiger partial charge in [-0.15, -0.1) is 16.4 Å². The number of tetrazole rings is 1. The molecule has 3 aromatic rings. The van der Waals surface area contributed by atoms with E-state index in [4.69, 9.17) is 4.52 Å². The molecule has 0 saturated carbocycles. The first-order valence-electron chi connectivity index (χ1n) is 6.01. The zero-order valence-corrected chi connectivity index (χ0v) is 12.6. The number of rotatable bonds is 5. The second-order valence-corrected chi connectivity index (χ2v) is 6.17. The van der Waals surface area contributed by atoms with E-state index in [1.165, 1.54) is 11.8 Å². The molecule has 0 bridgehead atoms. The normalized spacial score (nSPS) is 11.3. The van der Waals surface area contributed by atoms with Crippen LogP contribution in [0.4, 0.5) is 0 Å². The van der Waals surface area contributed by atoms with E-state index >= 15 is 0 Å². The molecule has 0 amide bonds. The Labute approximate surface area is 123 Å². The molecule has 0 aliphatic carbocycles. The average molecular weight is 308 g/mol. The molecule has 3 rings (SSSR count). The Morgan fingerprint density at radius 2 is 2.35 bits per heavy atom. The SMILES string of the molecule is CC(C)n1nnnc1SCc1nc(-c2cccs2)no1. The third kappa shape index (κ3) is 2.73. The zero-order valence-electron chi connectivity index (χ0n) is 10.9. The minimum atomic E-state index is 0.219. The van der Waals surface area contributed by atoms with Crippen molar-refractivity contribution in [3.63, 3.8) is 0 Å². The molecule has 0 radical (unpaired) electrons. The average Bonchev–Trinajstić information content (AvgIpc) is 3.16. The van der Waals surface area contributed by atoms with E-state index in [9.17, 15) is 0 Å². The molecule has 104 valence electrons. The smallest absolute Gasteiger partial charge is 0.237 e. The third-order valence-corrected chi connectivity index (χ3v) is 4.27. The van der Waals surface area contributed by atoms with Crippen LogP contribution in [-0.4, -0.2) is 30.3 Å². The molecule has 0 aliphatic heterocycles.